The van der Waals surface area contributed by atoms with Gasteiger partial charge in [0, 0.05) is 28.8 Å². The number of hydrogen-bond acceptors (Lipinski definition) is 6. The van der Waals surface area contributed by atoms with Gasteiger partial charge in [0.25, 0.3) is 5.91 Å². The highest BCUT2D eigenvalue weighted by Crippen LogP contribution is 2.32. The van der Waals surface area contributed by atoms with Crippen LogP contribution >= 0.6 is 11.6 Å². The number of halogens is 1. The maximum absolute atomic E-state index is 12.3. The number of aromatic hydroxyl groups is 1. The summed E-state index contributed by atoms with van der Waals surface area (Å²) >= 11 is 5.81. The van der Waals surface area contributed by atoms with E-state index in [9.17, 15) is 20.0 Å². The van der Waals surface area contributed by atoms with Gasteiger partial charge in [0.05, 0.1) is 22.2 Å². The Bertz CT molecular complexity index is 1120. The normalized spacial score (nSPS) is 11.2. The van der Waals surface area contributed by atoms with Crippen molar-refractivity contribution in [3.05, 3.63) is 62.4 Å². The van der Waals surface area contributed by atoms with Crippen molar-refractivity contribution in [2.75, 3.05) is 0 Å². The lowest BCUT2D eigenvalue weighted by Gasteiger charge is -2.03. The molecule has 2 N–H and O–H groups in total. The van der Waals surface area contributed by atoms with Crippen molar-refractivity contribution >= 4 is 40.4 Å². The molecule has 1 heterocycles. The van der Waals surface area contributed by atoms with Gasteiger partial charge in [-0.1, -0.05) is 11.6 Å². The lowest BCUT2D eigenvalue weighted by Crippen LogP contribution is -2.17. The highest BCUT2D eigenvalue weighted by atomic mass is 35.5. The first kappa shape index (κ1) is 19.3. The number of hydrazone groups is 1. The first-order chi connectivity index (χ1) is 13.3. The number of nitro benzene ring substituents is 1. The lowest BCUT2D eigenvalue weighted by atomic mass is 10.2. The molecule has 9 nitrogen and oxygen atoms in total. The summed E-state index contributed by atoms with van der Waals surface area (Å²) in [5.41, 5.74) is 3.75. The van der Waals surface area contributed by atoms with Crippen LogP contribution in [0.3, 0.4) is 0 Å². The second kappa shape index (κ2) is 7.65. The summed E-state index contributed by atoms with van der Waals surface area (Å²) < 4.78 is 2.03. The molecule has 10 heteroatoms. The van der Waals surface area contributed by atoms with Crippen LogP contribution in [0.4, 0.5) is 5.69 Å². The SMILES string of the molecule is CCn1c(C)nc2cc(C(=O)N/N=C/c3cc(Cl)cc([N+](=O)[O-])c3O)ccc21. The molecule has 0 atom stereocenters. The number of phenols is 1. The van der Waals surface area contributed by atoms with Crippen molar-refractivity contribution < 1.29 is 14.8 Å². The van der Waals surface area contributed by atoms with Gasteiger partial charge in [-0.2, -0.15) is 5.10 Å². The van der Waals surface area contributed by atoms with Crippen molar-refractivity contribution in [1.29, 1.82) is 0 Å². The zero-order valence-electron chi connectivity index (χ0n) is 15.0. The number of carbonyl (C=O) groups excluding carboxylic acids is 1. The minimum Gasteiger partial charge on any atom is -0.502 e. The minimum absolute atomic E-state index is 0.00673. The molecule has 0 bridgehead atoms. The zero-order chi connectivity index (χ0) is 20.4. The highest BCUT2D eigenvalue weighted by Gasteiger charge is 2.18. The largest absolute Gasteiger partial charge is 0.502 e. The molecule has 0 saturated carbocycles. The fraction of sp³-hybridized carbons (Fsp3) is 0.167. The van der Waals surface area contributed by atoms with Gasteiger partial charge in [0.15, 0.2) is 0 Å². The molecule has 28 heavy (non-hydrogen) atoms. The third-order valence-electron chi connectivity index (χ3n) is 4.17. The van der Waals surface area contributed by atoms with Crippen LogP contribution in [0.5, 0.6) is 5.75 Å². The number of nitrogens with one attached hydrogen (secondary N) is 1. The average molecular weight is 402 g/mol. The summed E-state index contributed by atoms with van der Waals surface area (Å²) in [7, 11) is 0. The molecule has 0 fully saturated rings. The molecule has 0 saturated heterocycles. The zero-order valence-corrected chi connectivity index (χ0v) is 15.8. The van der Waals surface area contributed by atoms with E-state index in [0.29, 0.717) is 11.1 Å². The van der Waals surface area contributed by atoms with Crippen LogP contribution in [-0.4, -0.2) is 31.7 Å². The van der Waals surface area contributed by atoms with Crippen LogP contribution in [-0.2, 0) is 6.54 Å². The fourth-order valence-electron chi connectivity index (χ4n) is 2.86. The third kappa shape index (κ3) is 3.65. The maximum atomic E-state index is 12.3. The van der Waals surface area contributed by atoms with E-state index in [2.05, 4.69) is 15.5 Å². The van der Waals surface area contributed by atoms with Crippen LogP contribution in [0.1, 0.15) is 28.7 Å². The number of carbonyl (C=O) groups is 1. The molecular formula is C18H16ClN5O4. The summed E-state index contributed by atoms with van der Waals surface area (Å²) in [6, 6.07) is 7.44. The molecule has 1 amide bonds. The molecule has 0 unspecified atom stereocenters. The molecule has 2 aromatic carbocycles. The van der Waals surface area contributed by atoms with Crippen molar-refractivity contribution in [2.24, 2.45) is 5.10 Å². The van der Waals surface area contributed by atoms with Crippen LogP contribution in [0.25, 0.3) is 11.0 Å². The second-order valence-electron chi connectivity index (χ2n) is 5.93. The van der Waals surface area contributed by atoms with Crippen molar-refractivity contribution in [1.82, 2.24) is 15.0 Å². The number of benzene rings is 2. The summed E-state index contributed by atoms with van der Waals surface area (Å²) in [6.07, 6.45) is 1.08. The standard InChI is InChI=1S/C18H16ClN5O4/c1-3-23-10(2)21-14-7-11(4-5-15(14)23)18(26)22-20-9-12-6-13(19)8-16(17(12)25)24(27)28/h4-9,25H,3H2,1-2H3,(H,22,26)/b20-9+. The van der Waals surface area contributed by atoms with Crippen molar-refractivity contribution in [3.8, 4) is 5.75 Å². The Morgan fingerprint density at radius 2 is 2.18 bits per heavy atom. The van der Waals surface area contributed by atoms with Gasteiger partial charge in [-0.3, -0.25) is 14.9 Å². The number of fused-ring (bicyclic) bond motifs is 1. The van der Waals surface area contributed by atoms with E-state index in [1.807, 2.05) is 24.5 Å². The van der Waals surface area contributed by atoms with E-state index in [1.54, 1.807) is 12.1 Å². The number of amides is 1. The molecule has 144 valence electrons. The number of aromatic nitrogens is 2. The molecule has 1 aromatic heterocycles. The summed E-state index contributed by atoms with van der Waals surface area (Å²) in [5.74, 6) is -0.224. The monoisotopic (exact) mass is 401 g/mol. The Morgan fingerprint density at radius 1 is 1.43 bits per heavy atom. The number of rotatable bonds is 5. The van der Waals surface area contributed by atoms with E-state index >= 15 is 0 Å². The molecule has 3 rings (SSSR count). The molecule has 0 aliphatic rings. The molecule has 0 spiro atoms. The average Bonchev–Trinajstić information content (AvgIpc) is 2.97. The first-order valence-corrected chi connectivity index (χ1v) is 8.66. The van der Waals surface area contributed by atoms with Crippen molar-refractivity contribution in [2.45, 2.75) is 20.4 Å². The van der Waals surface area contributed by atoms with Gasteiger partial charge in [-0.05, 0) is 38.1 Å². The quantitative estimate of drug-likeness (QED) is 0.385. The number of imidazole rings is 1. The Hall–Kier alpha value is -3.46. The van der Waals surface area contributed by atoms with Gasteiger partial charge in [0.2, 0.25) is 5.75 Å². The van der Waals surface area contributed by atoms with Crippen LogP contribution in [0.2, 0.25) is 5.02 Å². The van der Waals surface area contributed by atoms with Gasteiger partial charge in [0.1, 0.15) is 5.82 Å². The molecule has 3 aromatic rings. The van der Waals surface area contributed by atoms with E-state index in [0.717, 1.165) is 30.2 Å². The number of nitrogens with zero attached hydrogens (tertiary/aromatic N) is 4. The van der Waals surface area contributed by atoms with Gasteiger partial charge < -0.3 is 9.67 Å². The van der Waals surface area contributed by atoms with Crippen LogP contribution < -0.4 is 5.43 Å². The van der Waals surface area contributed by atoms with Crippen LogP contribution in [0, 0.1) is 17.0 Å². The van der Waals surface area contributed by atoms with E-state index < -0.39 is 22.3 Å². The summed E-state index contributed by atoms with van der Waals surface area (Å²) in [4.78, 5) is 26.9. The summed E-state index contributed by atoms with van der Waals surface area (Å²) in [5, 5.41) is 24.6. The smallest absolute Gasteiger partial charge is 0.312 e. The molecule has 0 radical (unpaired) electrons. The molecule has 0 aliphatic carbocycles. The number of aryl methyl sites for hydroxylation is 2. The van der Waals surface area contributed by atoms with Crippen LogP contribution in [0.15, 0.2) is 35.4 Å². The predicted octanol–water partition coefficient (Wildman–Crippen LogP) is 3.40. The van der Waals surface area contributed by atoms with Gasteiger partial charge in [-0.25, -0.2) is 10.4 Å². The van der Waals surface area contributed by atoms with E-state index in [4.69, 9.17) is 11.6 Å². The Kier molecular flexibility index (Phi) is 5.27. The Balaban J connectivity index is 1.81. The fourth-order valence-corrected chi connectivity index (χ4v) is 3.08. The minimum atomic E-state index is -0.760. The number of nitro groups is 1. The topological polar surface area (TPSA) is 123 Å². The maximum Gasteiger partial charge on any atom is 0.312 e. The van der Waals surface area contributed by atoms with E-state index in [-0.39, 0.29) is 10.6 Å². The van der Waals surface area contributed by atoms with E-state index in [1.165, 1.54) is 6.07 Å². The Morgan fingerprint density at radius 3 is 2.86 bits per heavy atom. The molecule has 0 aliphatic heterocycles. The van der Waals surface area contributed by atoms with Gasteiger partial charge in [-0.15, -0.1) is 0 Å². The second-order valence-corrected chi connectivity index (χ2v) is 6.36. The predicted molar refractivity (Wildman–Crippen MR) is 105 cm³/mol. The first-order valence-electron chi connectivity index (χ1n) is 8.29. The number of hydrogen-bond donors (Lipinski definition) is 2. The third-order valence-corrected chi connectivity index (χ3v) is 4.39. The Labute approximate surface area is 164 Å². The lowest BCUT2D eigenvalue weighted by molar-refractivity contribution is -0.385. The van der Waals surface area contributed by atoms with Gasteiger partial charge >= 0.3 is 5.69 Å². The molecular weight excluding hydrogens is 386 g/mol. The van der Waals surface area contributed by atoms with Crippen molar-refractivity contribution in [3.63, 3.8) is 0 Å². The summed E-state index contributed by atoms with van der Waals surface area (Å²) in [6.45, 7) is 4.68. The highest BCUT2D eigenvalue weighted by molar-refractivity contribution is 6.31. The number of phenolic OH excluding ortho intramolecular Hbond substituents is 1.